The molecule has 1 nitrogen and oxygen atoms in total. The molecular formula is C24H23N. The Labute approximate surface area is 149 Å². The van der Waals surface area contributed by atoms with Crippen LogP contribution in [0.2, 0.25) is 0 Å². The number of aromatic nitrogens is 1. The first-order valence-corrected chi connectivity index (χ1v) is 8.81. The summed E-state index contributed by atoms with van der Waals surface area (Å²) < 4.78 is 2.44. The normalized spacial score (nSPS) is 15.6. The number of fused-ring (bicyclic) bond motifs is 5. The van der Waals surface area contributed by atoms with Crippen LogP contribution in [0.3, 0.4) is 0 Å². The number of para-hydroxylation sites is 2. The molecule has 2 aromatic carbocycles. The van der Waals surface area contributed by atoms with Gasteiger partial charge in [0.15, 0.2) is 0 Å². The number of hydrogen-bond donors (Lipinski definition) is 0. The zero-order valence-electron chi connectivity index (χ0n) is 15.1. The van der Waals surface area contributed by atoms with E-state index in [1.54, 1.807) is 0 Å². The van der Waals surface area contributed by atoms with Crippen molar-refractivity contribution in [3.8, 4) is 5.69 Å². The fourth-order valence-corrected chi connectivity index (χ4v) is 4.15. The Hall–Kier alpha value is -2.80. The molecule has 0 saturated heterocycles. The molecule has 0 fully saturated rings. The molecule has 4 rings (SSSR count). The van der Waals surface area contributed by atoms with Gasteiger partial charge in [0.05, 0.1) is 11.2 Å². The number of benzene rings is 2. The highest BCUT2D eigenvalue weighted by atomic mass is 15.0. The number of rotatable bonds is 3. The van der Waals surface area contributed by atoms with E-state index in [1.165, 1.54) is 39.0 Å². The van der Waals surface area contributed by atoms with Gasteiger partial charge < -0.3 is 4.57 Å². The quantitative estimate of drug-likeness (QED) is 0.490. The van der Waals surface area contributed by atoms with Gasteiger partial charge in [-0.25, -0.2) is 0 Å². The van der Waals surface area contributed by atoms with Crippen LogP contribution in [-0.4, -0.2) is 4.57 Å². The van der Waals surface area contributed by atoms with E-state index in [4.69, 9.17) is 0 Å². The van der Waals surface area contributed by atoms with Crippen LogP contribution < -0.4 is 0 Å². The summed E-state index contributed by atoms with van der Waals surface area (Å²) in [6, 6.07) is 17.4. The maximum absolute atomic E-state index is 4.09. The lowest BCUT2D eigenvalue weighted by Gasteiger charge is -2.21. The monoisotopic (exact) mass is 325 g/mol. The molecule has 1 aromatic heterocycles. The van der Waals surface area contributed by atoms with E-state index in [-0.39, 0.29) is 5.41 Å². The average molecular weight is 325 g/mol. The Morgan fingerprint density at radius 1 is 1.04 bits per heavy atom. The Morgan fingerprint density at radius 3 is 2.52 bits per heavy atom. The Balaban J connectivity index is 2.18. The van der Waals surface area contributed by atoms with Crippen molar-refractivity contribution in [1.29, 1.82) is 0 Å². The molecule has 0 aliphatic carbocycles. The van der Waals surface area contributed by atoms with Crippen molar-refractivity contribution in [3.63, 3.8) is 0 Å². The topological polar surface area (TPSA) is 4.93 Å². The standard InChI is InChI=1S/C24H23N/c1-5-7-12-17(6-2)22-18-13-8-10-15-20(18)25-21-16-11-9-14-19(21)24(3,4)23(22)25/h5-16H,2H2,1,3-4H3/b7-5-,17-12+. The lowest BCUT2D eigenvalue weighted by Crippen LogP contribution is -2.17. The Kier molecular flexibility index (Phi) is 3.54. The van der Waals surface area contributed by atoms with Crippen molar-refractivity contribution in [2.24, 2.45) is 0 Å². The minimum atomic E-state index is -0.0526. The second-order valence-electron chi connectivity index (χ2n) is 7.07. The van der Waals surface area contributed by atoms with E-state index >= 15 is 0 Å². The predicted octanol–water partition coefficient (Wildman–Crippen LogP) is 6.42. The minimum absolute atomic E-state index is 0.0526. The SMILES string of the molecule is C=C/C(=C\C=C/C)c1c2n(c3ccccc13)-c1ccccc1C2(C)C. The van der Waals surface area contributed by atoms with Crippen molar-refractivity contribution in [2.75, 3.05) is 0 Å². The van der Waals surface area contributed by atoms with Crippen molar-refractivity contribution < 1.29 is 0 Å². The van der Waals surface area contributed by atoms with Crippen LogP contribution in [0.15, 0.2) is 79.4 Å². The molecule has 0 radical (unpaired) electrons. The van der Waals surface area contributed by atoms with Gasteiger partial charge in [0.2, 0.25) is 0 Å². The molecule has 0 atom stereocenters. The lowest BCUT2D eigenvalue weighted by atomic mass is 9.80. The minimum Gasteiger partial charge on any atom is -0.312 e. The van der Waals surface area contributed by atoms with Gasteiger partial charge in [-0.3, -0.25) is 0 Å². The highest BCUT2D eigenvalue weighted by Gasteiger charge is 2.40. The first-order chi connectivity index (χ1) is 12.1. The molecule has 1 heteroatoms. The summed E-state index contributed by atoms with van der Waals surface area (Å²) in [5.41, 5.74) is 7.70. The summed E-state index contributed by atoms with van der Waals surface area (Å²) in [7, 11) is 0. The zero-order chi connectivity index (χ0) is 17.6. The zero-order valence-corrected chi connectivity index (χ0v) is 15.1. The first kappa shape index (κ1) is 15.7. The van der Waals surface area contributed by atoms with Crippen molar-refractivity contribution >= 4 is 16.5 Å². The molecule has 0 bridgehead atoms. The number of allylic oxidation sites excluding steroid dienone is 5. The van der Waals surface area contributed by atoms with Gasteiger partial charge in [0.1, 0.15) is 0 Å². The van der Waals surface area contributed by atoms with Crippen molar-refractivity contribution in [3.05, 3.63) is 96.2 Å². The summed E-state index contributed by atoms with van der Waals surface area (Å²) in [4.78, 5) is 0. The van der Waals surface area contributed by atoms with Gasteiger partial charge in [-0.05, 0) is 30.2 Å². The second-order valence-corrected chi connectivity index (χ2v) is 7.07. The van der Waals surface area contributed by atoms with Crippen molar-refractivity contribution in [1.82, 2.24) is 4.57 Å². The molecule has 3 aromatic rings. The molecule has 0 saturated carbocycles. The fraction of sp³-hybridized carbons (Fsp3) is 0.167. The van der Waals surface area contributed by atoms with Crippen LogP contribution in [-0.2, 0) is 5.41 Å². The number of nitrogens with zero attached hydrogens (tertiary/aromatic N) is 1. The van der Waals surface area contributed by atoms with Gasteiger partial charge in [-0.1, -0.05) is 81.1 Å². The van der Waals surface area contributed by atoms with E-state index in [2.05, 4.69) is 91.8 Å². The largest absolute Gasteiger partial charge is 0.312 e. The van der Waals surface area contributed by atoms with E-state index in [9.17, 15) is 0 Å². The molecule has 1 aliphatic rings. The highest BCUT2D eigenvalue weighted by molar-refractivity contribution is 6.00. The van der Waals surface area contributed by atoms with Gasteiger partial charge in [-0.2, -0.15) is 0 Å². The number of hydrogen-bond acceptors (Lipinski definition) is 0. The van der Waals surface area contributed by atoms with E-state index in [0.29, 0.717) is 0 Å². The van der Waals surface area contributed by atoms with E-state index in [1.807, 2.05) is 13.0 Å². The van der Waals surface area contributed by atoms with Gasteiger partial charge in [-0.15, -0.1) is 0 Å². The van der Waals surface area contributed by atoms with Crippen LogP contribution in [0.4, 0.5) is 0 Å². The summed E-state index contributed by atoms with van der Waals surface area (Å²) in [5.74, 6) is 0. The molecule has 2 heterocycles. The third kappa shape index (κ3) is 2.09. The predicted molar refractivity (Wildman–Crippen MR) is 108 cm³/mol. The molecule has 1 aliphatic heterocycles. The molecule has 124 valence electrons. The summed E-state index contributed by atoms with van der Waals surface area (Å²) in [5, 5.41) is 1.29. The van der Waals surface area contributed by atoms with Crippen LogP contribution in [0.1, 0.15) is 37.6 Å². The Morgan fingerprint density at radius 2 is 1.76 bits per heavy atom. The molecule has 0 N–H and O–H groups in total. The summed E-state index contributed by atoms with van der Waals surface area (Å²) >= 11 is 0. The average Bonchev–Trinajstić information content (AvgIpc) is 3.09. The molecule has 25 heavy (non-hydrogen) atoms. The van der Waals surface area contributed by atoms with Crippen LogP contribution >= 0.6 is 0 Å². The Bertz CT molecular complexity index is 1040. The van der Waals surface area contributed by atoms with Gasteiger partial charge in [0.25, 0.3) is 0 Å². The lowest BCUT2D eigenvalue weighted by molar-refractivity contribution is 0.643. The van der Waals surface area contributed by atoms with Gasteiger partial charge in [0, 0.05) is 22.1 Å². The fourth-order valence-electron chi connectivity index (χ4n) is 4.15. The summed E-state index contributed by atoms with van der Waals surface area (Å²) in [6.07, 6.45) is 8.28. The molecule has 0 amide bonds. The van der Waals surface area contributed by atoms with Crippen LogP contribution in [0.25, 0.3) is 22.2 Å². The molecule has 0 unspecified atom stereocenters. The van der Waals surface area contributed by atoms with E-state index in [0.717, 1.165) is 0 Å². The van der Waals surface area contributed by atoms with Crippen LogP contribution in [0, 0.1) is 0 Å². The van der Waals surface area contributed by atoms with Gasteiger partial charge >= 0.3 is 0 Å². The highest BCUT2D eigenvalue weighted by Crippen LogP contribution is 2.49. The second kappa shape index (κ2) is 5.63. The maximum Gasteiger partial charge on any atom is 0.0538 e. The first-order valence-electron chi connectivity index (χ1n) is 8.81. The molecule has 0 spiro atoms. The van der Waals surface area contributed by atoms with E-state index < -0.39 is 0 Å². The molecular weight excluding hydrogens is 302 g/mol. The van der Waals surface area contributed by atoms with Crippen LogP contribution in [0.5, 0.6) is 0 Å². The van der Waals surface area contributed by atoms with Crippen molar-refractivity contribution in [2.45, 2.75) is 26.2 Å². The maximum atomic E-state index is 4.09. The third-order valence-electron chi connectivity index (χ3n) is 5.26. The summed E-state index contributed by atoms with van der Waals surface area (Å²) in [6.45, 7) is 10.8. The smallest absolute Gasteiger partial charge is 0.0538 e. The third-order valence-corrected chi connectivity index (χ3v) is 5.26.